The fourth-order valence-electron chi connectivity index (χ4n) is 5.49. The average Bonchev–Trinajstić information content (AvgIpc) is 3.01. The highest BCUT2D eigenvalue weighted by atomic mass is 28.1. The number of carbonyl (C=O) groups is 2. The molecule has 0 saturated carbocycles. The highest BCUT2D eigenvalue weighted by Crippen LogP contribution is 2.15. The van der Waals surface area contributed by atoms with Crippen molar-refractivity contribution in [2.45, 2.75) is 219 Å². The van der Waals surface area contributed by atoms with E-state index in [1.54, 1.807) is 0 Å². The third-order valence-electron chi connectivity index (χ3n) is 8.42. The molecular weight excluding hydrogens is 549 g/mol. The number of hydrogen-bond acceptors (Lipinski definition) is 4. The molecule has 0 heterocycles. The largest absolute Gasteiger partial charge is 0.469 e. The molecule has 0 atom stereocenters. The monoisotopic (exact) mass is 629 g/mol. The zero-order chi connectivity index (χ0) is 31.2. The minimum Gasteiger partial charge on any atom is -0.469 e. The van der Waals surface area contributed by atoms with Crippen molar-refractivity contribution in [3.63, 3.8) is 0 Å². The standard InChI is InChI=1S/2C19H38O2.H4Si/c2*1-3-4-5-6-7-8-9-10-11-12-13-14-15-16-17-18-19(20)21-2;/h2*3-18H2,1-2H3;1H4. The highest BCUT2D eigenvalue weighted by molar-refractivity contribution is 5.75. The van der Waals surface area contributed by atoms with Gasteiger partial charge in [0, 0.05) is 12.8 Å². The molecule has 260 valence electrons. The Morgan fingerprint density at radius 3 is 0.651 bits per heavy atom. The maximum absolute atomic E-state index is 10.9. The van der Waals surface area contributed by atoms with Crippen molar-refractivity contribution in [2.24, 2.45) is 0 Å². The van der Waals surface area contributed by atoms with Crippen LogP contribution in [0, 0.1) is 0 Å². The molecular formula is C38H80O4Si. The van der Waals surface area contributed by atoms with Gasteiger partial charge in [-0.15, -0.1) is 0 Å². The van der Waals surface area contributed by atoms with Crippen molar-refractivity contribution >= 4 is 22.9 Å². The van der Waals surface area contributed by atoms with Crippen molar-refractivity contribution in [3.05, 3.63) is 0 Å². The summed E-state index contributed by atoms with van der Waals surface area (Å²) in [5.41, 5.74) is 0. The smallest absolute Gasteiger partial charge is 0.305 e. The van der Waals surface area contributed by atoms with Crippen LogP contribution in [0.5, 0.6) is 0 Å². The molecule has 0 aromatic carbocycles. The van der Waals surface area contributed by atoms with Crippen LogP contribution in [0.1, 0.15) is 219 Å². The van der Waals surface area contributed by atoms with E-state index in [1.165, 1.54) is 194 Å². The van der Waals surface area contributed by atoms with E-state index in [0.717, 1.165) is 12.8 Å². The molecule has 0 unspecified atom stereocenters. The van der Waals surface area contributed by atoms with E-state index in [0.29, 0.717) is 12.8 Å². The van der Waals surface area contributed by atoms with Gasteiger partial charge < -0.3 is 9.47 Å². The molecule has 0 saturated heterocycles. The zero-order valence-corrected chi connectivity index (χ0v) is 29.3. The fourth-order valence-corrected chi connectivity index (χ4v) is 5.49. The summed E-state index contributed by atoms with van der Waals surface area (Å²) < 4.78 is 9.26. The van der Waals surface area contributed by atoms with Crippen LogP contribution in [0.2, 0.25) is 0 Å². The Hall–Kier alpha value is -0.843. The molecule has 0 spiro atoms. The molecule has 0 fully saturated rings. The summed E-state index contributed by atoms with van der Waals surface area (Å²) in [6.45, 7) is 4.55. The lowest BCUT2D eigenvalue weighted by Crippen LogP contribution is -1.99. The van der Waals surface area contributed by atoms with Crippen LogP contribution in [-0.2, 0) is 19.1 Å². The van der Waals surface area contributed by atoms with Crippen LogP contribution in [0.25, 0.3) is 0 Å². The third kappa shape index (κ3) is 45.7. The quantitative estimate of drug-likeness (QED) is 0.0422. The van der Waals surface area contributed by atoms with Crippen LogP contribution in [0.4, 0.5) is 0 Å². The van der Waals surface area contributed by atoms with Gasteiger partial charge in [0.2, 0.25) is 0 Å². The Kier molecular flexibility index (Phi) is 46.9. The molecule has 0 aromatic rings. The van der Waals surface area contributed by atoms with Gasteiger partial charge in [-0.25, -0.2) is 0 Å². The van der Waals surface area contributed by atoms with E-state index in [1.807, 2.05) is 0 Å². The molecule has 43 heavy (non-hydrogen) atoms. The number of esters is 2. The molecule has 4 nitrogen and oxygen atoms in total. The summed E-state index contributed by atoms with van der Waals surface area (Å²) in [6, 6.07) is 0. The first-order valence-corrected chi connectivity index (χ1v) is 18.8. The van der Waals surface area contributed by atoms with Crippen molar-refractivity contribution < 1.29 is 19.1 Å². The number of hydrogen-bond donors (Lipinski definition) is 0. The van der Waals surface area contributed by atoms with Gasteiger partial charge in [0.25, 0.3) is 0 Å². The normalized spacial score (nSPS) is 10.5. The van der Waals surface area contributed by atoms with E-state index in [-0.39, 0.29) is 22.9 Å². The second-order valence-electron chi connectivity index (χ2n) is 12.6. The lowest BCUT2D eigenvalue weighted by molar-refractivity contribution is -0.141. The second-order valence-corrected chi connectivity index (χ2v) is 12.6. The predicted octanol–water partition coefficient (Wildman–Crippen LogP) is 11.4. The van der Waals surface area contributed by atoms with Gasteiger partial charge in [0.05, 0.1) is 14.2 Å². The summed E-state index contributed by atoms with van der Waals surface area (Å²) >= 11 is 0. The summed E-state index contributed by atoms with van der Waals surface area (Å²) in [5.74, 6) is -0.130. The summed E-state index contributed by atoms with van der Waals surface area (Å²) in [6.07, 6.45) is 41.9. The van der Waals surface area contributed by atoms with Crippen LogP contribution in [-0.4, -0.2) is 37.1 Å². The van der Waals surface area contributed by atoms with Crippen molar-refractivity contribution in [1.29, 1.82) is 0 Å². The van der Waals surface area contributed by atoms with E-state index in [2.05, 4.69) is 23.3 Å². The van der Waals surface area contributed by atoms with Crippen molar-refractivity contribution in [3.8, 4) is 0 Å². The lowest BCUT2D eigenvalue weighted by Gasteiger charge is -2.03. The van der Waals surface area contributed by atoms with Crippen LogP contribution < -0.4 is 0 Å². The Balaban J connectivity index is -0.000000727. The van der Waals surface area contributed by atoms with Crippen LogP contribution in [0.3, 0.4) is 0 Å². The average molecular weight is 629 g/mol. The maximum Gasteiger partial charge on any atom is 0.305 e. The molecule has 0 aromatic heterocycles. The minimum atomic E-state index is -0.0651. The number of methoxy groups -OCH3 is 2. The SMILES string of the molecule is CCCCCCCCCCCCCCCCCC(=O)OC.CCCCCCCCCCCCCCCCCC(=O)OC.[SiH4]. The van der Waals surface area contributed by atoms with Gasteiger partial charge in [0.1, 0.15) is 0 Å². The van der Waals surface area contributed by atoms with Crippen LogP contribution in [0.15, 0.2) is 0 Å². The molecule has 0 N–H and O–H groups in total. The van der Waals surface area contributed by atoms with Gasteiger partial charge in [-0.05, 0) is 23.8 Å². The molecule has 0 aliphatic heterocycles. The van der Waals surface area contributed by atoms with Gasteiger partial charge in [-0.1, -0.05) is 194 Å². The van der Waals surface area contributed by atoms with Gasteiger partial charge in [0.15, 0.2) is 0 Å². The zero-order valence-electron chi connectivity index (χ0n) is 29.3. The van der Waals surface area contributed by atoms with E-state index in [9.17, 15) is 9.59 Å². The predicted molar refractivity (Wildman–Crippen MR) is 194 cm³/mol. The maximum atomic E-state index is 10.9. The van der Waals surface area contributed by atoms with E-state index >= 15 is 0 Å². The molecule has 0 aliphatic carbocycles. The lowest BCUT2D eigenvalue weighted by atomic mass is 10.0. The number of ether oxygens (including phenoxy) is 2. The minimum absolute atomic E-state index is 0. The van der Waals surface area contributed by atoms with Crippen molar-refractivity contribution in [1.82, 2.24) is 0 Å². The number of carbonyl (C=O) groups excluding carboxylic acids is 2. The molecule has 0 rings (SSSR count). The molecule has 0 aliphatic rings. The first kappa shape index (κ1) is 46.6. The summed E-state index contributed by atoms with van der Waals surface area (Å²) in [7, 11) is 2.93. The van der Waals surface area contributed by atoms with Crippen molar-refractivity contribution in [2.75, 3.05) is 14.2 Å². The highest BCUT2D eigenvalue weighted by Gasteiger charge is 2.00. The van der Waals surface area contributed by atoms with E-state index in [4.69, 9.17) is 0 Å². The molecule has 0 radical (unpaired) electrons. The molecule has 0 amide bonds. The Morgan fingerprint density at radius 1 is 0.326 bits per heavy atom. The first-order chi connectivity index (χ1) is 20.6. The molecule has 0 bridgehead atoms. The Bertz CT molecular complexity index is 480. The van der Waals surface area contributed by atoms with Gasteiger partial charge >= 0.3 is 11.9 Å². The Morgan fingerprint density at radius 2 is 0.488 bits per heavy atom. The van der Waals surface area contributed by atoms with Gasteiger partial charge in [-0.2, -0.15) is 0 Å². The summed E-state index contributed by atoms with van der Waals surface area (Å²) in [5, 5.41) is 0. The second kappa shape index (κ2) is 43.3. The summed E-state index contributed by atoms with van der Waals surface area (Å²) in [4.78, 5) is 21.8. The number of unbranched alkanes of at least 4 members (excludes halogenated alkanes) is 28. The van der Waals surface area contributed by atoms with E-state index < -0.39 is 0 Å². The third-order valence-corrected chi connectivity index (χ3v) is 8.42. The Labute approximate surface area is 275 Å². The first-order valence-electron chi connectivity index (χ1n) is 18.8. The van der Waals surface area contributed by atoms with Gasteiger partial charge in [-0.3, -0.25) is 9.59 Å². The molecule has 5 heteroatoms. The topological polar surface area (TPSA) is 52.6 Å². The fraction of sp³-hybridized carbons (Fsp3) is 0.947. The van der Waals surface area contributed by atoms with Crippen LogP contribution >= 0.6 is 0 Å². The number of rotatable bonds is 32.